The van der Waals surface area contributed by atoms with E-state index in [1.807, 2.05) is 26.8 Å². The van der Waals surface area contributed by atoms with E-state index >= 15 is 0 Å². The maximum Gasteiger partial charge on any atom is 0.229 e. The quantitative estimate of drug-likeness (QED) is 0.844. The minimum absolute atomic E-state index is 0.275. The van der Waals surface area contributed by atoms with Gasteiger partial charge in [0.1, 0.15) is 11.5 Å². The lowest BCUT2D eigenvalue weighted by atomic mass is 10.2. The fourth-order valence-electron chi connectivity index (χ4n) is 1.16. The SMILES string of the molecule is C=C(/C=C\C(=C)c1ccc(C)o1)NS(C)(=O)=O.CC. The molecule has 1 N–H and O–H groups in total. The van der Waals surface area contributed by atoms with Gasteiger partial charge in [0, 0.05) is 11.3 Å². The molecule has 0 aliphatic carbocycles. The topological polar surface area (TPSA) is 59.3 Å². The van der Waals surface area contributed by atoms with Crippen LogP contribution in [0.4, 0.5) is 0 Å². The Kier molecular flexibility index (Phi) is 6.93. The van der Waals surface area contributed by atoms with Crippen LogP contribution in [0.25, 0.3) is 5.57 Å². The summed E-state index contributed by atoms with van der Waals surface area (Å²) in [5.41, 5.74) is 0.923. The average Bonchev–Trinajstić information content (AvgIpc) is 2.73. The van der Waals surface area contributed by atoms with E-state index in [0.717, 1.165) is 12.0 Å². The summed E-state index contributed by atoms with van der Waals surface area (Å²) in [4.78, 5) is 0. The summed E-state index contributed by atoms with van der Waals surface area (Å²) in [6.07, 6.45) is 4.23. The minimum Gasteiger partial charge on any atom is -0.461 e. The summed E-state index contributed by atoms with van der Waals surface area (Å²) in [5, 5.41) is 0. The van der Waals surface area contributed by atoms with E-state index in [2.05, 4.69) is 17.9 Å². The van der Waals surface area contributed by atoms with Crippen molar-refractivity contribution in [2.75, 3.05) is 6.26 Å². The summed E-state index contributed by atoms with van der Waals surface area (Å²) in [6, 6.07) is 3.63. The van der Waals surface area contributed by atoms with E-state index in [4.69, 9.17) is 4.42 Å². The van der Waals surface area contributed by atoms with Crippen LogP contribution in [0.1, 0.15) is 25.4 Å². The van der Waals surface area contributed by atoms with Crippen LogP contribution in [0.2, 0.25) is 0 Å². The third-order valence-electron chi connectivity index (χ3n) is 1.86. The van der Waals surface area contributed by atoms with Gasteiger partial charge in [0.15, 0.2) is 0 Å². The normalized spacial score (nSPS) is 10.7. The average molecular weight is 283 g/mol. The molecule has 1 aromatic rings. The molecule has 0 amide bonds. The van der Waals surface area contributed by atoms with Gasteiger partial charge < -0.3 is 4.42 Å². The van der Waals surface area contributed by atoms with Gasteiger partial charge in [-0.25, -0.2) is 8.42 Å². The van der Waals surface area contributed by atoms with Crippen molar-refractivity contribution in [3.63, 3.8) is 0 Å². The van der Waals surface area contributed by atoms with Gasteiger partial charge in [0.25, 0.3) is 0 Å². The highest BCUT2D eigenvalue weighted by Gasteiger charge is 2.02. The molecular weight excluding hydrogens is 262 g/mol. The van der Waals surface area contributed by atoms with Gasteiger partial charge in [0.05, 0.1) is 6.26 Å². The van der Waals surface area contributed by atoms with Crippen molar-refractivity contribution in [3.8, 4) is 0 Å². The lowest BCUT2D eigenvalue weighted by molar-refractivity contribution is 0.522. The Hall–Kier alpha value is -1.75. The van der Waals surface area contributed by atoms with Gasteiger partial charge in [-0.3, -0.25) is 4.72 Å². The first-order valence-corrected chi connectivity index (χ1v) is 7.77. The Balaban J connectivity index is 0.00000154. The summed E-state index contributed by atoms with van der Waals surface area (Å²) in [6.45, 7) is 13.2. The van der Waals surface area contributed by atoms with Gasteiger partial charge in [-0.05, 0) is 31.2 Å². The summed E-state index contributed by atoms with van der Waals surface area (Å²) in [5.74, 6) is 1.44. The Labute approximate surface area is 115 Å². The monoisotopic (exact) mass is 283 g/mol. The van der Waals surface area contributed by atoms with E-state index in [-0.39, 0.29) is 5.70 Å². The van der Waals surface area contributed by atoms with Crippen LogP contribution in [0.3, 0.4) is 0 Å². The highest BCUT2D eigenvalue weighted by molar-refractivity contribution is 7.88. The number of furan rings is 1. The van der Waals surface area contributed by atoms with Crippen molar-refractivity contribution in [1.29, 1.82) is 0 Å². The van der Waals surface area contributed by atoms with Crippen LogP contribution in [0.5, 0.6) is 0 Å². The van der Waals surface area contributed by atoms with Crippen LogP contribution >= 0.6 is 0 Å². The molecule has 0 aromatic carbocycles. The first-order valence-electron chi connectivity index (χ1n) is 5.88. The Morgan fingerprint density at radius 2 is 1.84 bits per heavy atom. The number of hydrogen-bond donors (Lipinski definition) is 1. The van der Waals surface area contributed by atoms with Crippen molar-refractivity contribution in [3.05, 3.63) is 54.7 Å². The molecule has 0 bridgehead atoms. The van der Waals surface area contributed by atoms with Gasteiger partial charge in [-0.1, -0.05) is 27.0 Å². The zero-order chi connectivity index (χ0) is 15.1. The Morgan fingerprint density at radius 3 is 2.26 bits per heavy atom. The van der Waals surface area contributed by atoms with Crippen molar-refractivity contribution >= 4 is 15.6 Å². The third-order valence-corrected chi connectivity index (χ3v) is 2.49. The lowest BCUT2D eigenvalue weighted by Crippen LogP contribution is -2.19. The second kappa shape index (κ2) is 7.63. The van der Waals surface area contributed by atoms with Gasteiger partial charge in [-0.2, -0.15) is 0 Å². The van der Waals surface area contributed by atoms with E-state index < -0.39 is 10.0 Å². The second-order valence-electron chi connectivity index (χ2n) is 3.67. The maximum atomic E-state index is 10.9. The molecule has 1 rings (SSSR count). The molecular formula is C14H21NO3S. The van der Waals surface area contributed by atoms with E-state index in [0.29, 0.717) is 11.3 Å². The lowest BCUT2D eigenvalue weighted by Gasteiger charge is -2.01. The first-order chi connectivity index (χ1) is 8.78. The molecule has 0 saturated carbocycles. The van der Waals surface area contributed by atoms with E-state index in [1.54, 1.807) is 12.1 Å². The molecule has 4 nitrogen and oxygen atoms in total. The van der Waals surface area contributed by atoms with Gasteiger partial charge in [0.2, 0.25) is 10.0 Å². The number of rotatable bonds is 5. The minimum atomic E-state index is -3.29. The maximum absolute atomic E-state index is 10.9. The molecule has 0 radical (unpaired) electrons. The molecule has 106 valence electrons. The van der Waals surface area contributed by atoms with Gasteiger partial charge in [-0.15, -0.1) is 0 Å². The smallest absolute Gasteiger partial charge is 0.229 e. The zero-order valence-electron chi connectivity index (χ0n) is 11.9. The molecule has 0 unspecified atom stereocenters. The van der Waals surface area contributed by atoms with E-state index in [9.17, 15) is 8.42 Å². The number of hydrogen-bond acceptors (Lipinski definition) is 3. The van der Waals surface area contributed by atoms with Crippen molar-refractivity contribution in [2.45, 2.75) is 20.8 Å². The van der Waals surface area contributed by atoms with Crippen LogP contribution in [-0.4, -0.2) is 14.7 Å². The molecule has 0 saturated heterocycles. The van der Waals surface area contributed by atoms with Crippen LogP contribution in [0, 0.1) is 6.92 Å². The Bertz CT molecular complexity index is 565. The molecule has 0 fully saturated rings. The number of aryl methyl sites for hydroxylation is 1. The predicted octanol–water partition coefficient (Wildman–Crippen LogP) is 3.25. The number of sulfonamides is 1. The Morgan fingerprint density at radius 1 is 1.26 bits per heavy atom. The van der Waals surface area contributed by atoms with Crippen molar-refractivity contribution in [2.24, 2.45) is 0 Å². The largest absolute Gasteiger partial charge is 0.461 e. The fraction of sp³-hybridized carbons (Fsp3) is 0.286. The van der Waals surface area contributed by atoms with E-state index in [1.165, 1.54) is 6.08 Å². The fourth-order valence-corrected chi connectivity index (χ4v) is 1.71. The second-order valence-corrected chi connectivity index (χ2v) is 5.42. The van der Waals surface area contributed by atoms with Crippen molar-refractivity contribution in [1.82, 2.24) is 4.72 Å². The molecule has 0 atom stereocenters. The number of nitrogens with one attached hydrogen (secondary N) is 1. The standard InChI is InChI=1S/C12H15NO3S.C2H6/c1-9(12-8-7-11(3)16-12)5-6-10(2)13-17(4,14)15;1-2/h5-8,13H,1-2H2,3-4H3;1-2H3/b6-5-;. The highest BCUT2D eigenvalue weighted by atomic mass is 32.2. The molecule has 0 aliphatic rings. The van der Waals surface area contributed by atoms with Crippen LogP contribution in [0.15, 0.2) is 47.6 Å². The molecule has 1 heterocycles. The molecule has 0 spiro atoms. The molecule has 1 aromatic heterocycles. The zero-order valence-corrected chi connectivity index (χ0v) is 12.7. The summed E-state index contributed by atoms with van der Waals surface area (Å²) >= 11 is 0. The highest BCUT2D eigenvalue weighted by Crippen LogP contribution is 2.17. The van der Waals surface area contributed by atoms with Crippen LogP contribution in [-0.2, 0) is 10.0 Å². The van der Waals surface area contributed by atoms with Gasteiger partial charge >= 0.3 is 0 Å². The number of allylic oxidation sites excluding steroid dienone is 3. The summed E-state index contributed by atoms with van der Waals surface area (Å²) in [7, 11) is -3.29. The summed E-state index contributed by atoms with van der Waals surface area (Å²) < 4.78 is 29.4. The third kappa shape index (κ3) is 7.31. The predicted molar refractivity (Wildman–Crippen MR) is 80.1 cm³/mol. The molecule has 5 heteroatoms. The first kappa shape index (κ1) is 17.2. The van der Waals surface area contributed by atoms with Crippen molar-refractivity contribution < 1.29 is 12.8 Å². The van der Waals surface area contributed by atoms with Crippen LogP contribution < -0.4 is 4.72 Å². The molecule has 0 aliphatic heterocycles. The molecule has 19 heavy (non-hydrogen) atoms.